The zero-order valence-electron chi connectivity index (χ0n) is 30.0. The van der Waals surface area contributed by atoms with Crippen molar-refractivity contribution >= 4 is 108 Å². The highest BCUT2D eigenvalue weighted by atomic mass is 32.2. The maximum absolute atomic E-state index is 12.2. The van der Waals surface area contributed by atoms with Crippen LogP contribution >= 0.6 is 0 Å². The first-order valence-electron chi connectivity index (χ1n) is 16.8. The molecule has 0 radical (unpaired) electrons. The number of aliphatic hydroxyl groups excluding tert-OH is 1. The normalized spacial score (nSPS) is 13.2. The van der Waals surface area contributed by atoms with Gasteiger partial charge in [0, 0.05) is 33.9 Å². The molecule has 21 heteroatoms. The molecule has 0 heterocycles. The molecule has 0 aliphatic carbocycles. The zero-order chi connectivity index (χ0) is 42.3. The van der Waals surface area contributed by atoms with Gasteiger partial charge in [-0.25, -0.2) is 4.99 Å². The van der Waals surface area contributed by atoms with Crippen molar-refractivity contribution in [3.63, 3.8) is 0 Å². The summed E-state index contributed by atoms with van der Waals surface area (Å²) in [6.45, 7) is 1.43. The highest BCUT2D eigenvalue weighted by molar-refractivity contribution is 7.86. The molecule has 0 fully saturated rings. The number of hydrogen-bond donors (Lipinski definition) is 5. The third kappa shape index (κ3) is 8.84. The van der Waals surface area contributed by atoms with Gasteiger partial charge in [-0.05, 0) is 96.4 Å². The molecule has 298 valence electrons. The molecule has 0 bridgehead atoms. The monoisotopic (exact) mass is 853 g/mol. The van der Waals surface area contributed by atoms with Crippen LogP contribution in [0.15, 0.2) is 166 Å². The summed E-state index contributed by atoms with van der Waals surface area (Å²) in [5.74, 6) is -0.446. The van der Waals surface area contributed by atoms with Crippen LogP contribution in [0.1, 0.15) is 6.92 Å². The standard InChI is InChI=1S/C38H27N7O11S3/c1-21(46)39-23-3-5-24(6-4-23)40-41-33-13-15-35(31-19-26(58(51,52)53)8-11-29(31)33)43-42-34-14-16-36(32-20-27(59(54,55)56)9-12-30(32)34)44-45-38-28-10-7-25(57(48,49)50)18-22(28)2-17-37(38)47/h2-20,47H,1H3,(H,39,46)(H,48,49,50)(H,51,52,53)(H,54,55,56). The lowest BCUT2D eigenvalue weighted by atomic mass is 10.1. The van der Waals surface area contributed by atoms with Gasteiger partial charge < -0.3 is 10.2 Å². The molecule has 0 unspecified atom stereocenters. The first kappa shape index (κ1) is 40.3. The summed E-state index contributed by atoms with van der Waals surface area (Å²) in [6, 6.07) is 26.1. The molecule has 0 aliphatic heterocycles. The number of aliphatic hydroxyl groups is 1. The van der Waals surface area contributed by atoms with Gasteiger partial charge in [0.2, 0.25) is 0 Å². The summed E-state index contributed by atoms with van der Waals surface area (Å²) in [6.07, 6.45) is 0. The van der Waals surface area contributed by atoms with E-state index in [-0.39, 0.29) is 60.8 Å². The minimum absolute atomic E-state index is 0.0549. The van der Waals surface area contributed by atoms with Crippen molar-refractivity contribution in [3.8, 4) is 5.75 Å². The number of phenols is 1. The Morgan fingerprint density at radius 3 is 1.32 bits per heavy atom. The number of aliphatic imine (C=N–C) groups is 1. The first-order valence-corrected chi connectivity index (χ1v) is 21.1. The van der Waals surface area contributed by atoms with E-state index in [9.17, 15) is 49.1 Å². The van der Waals surface area contributed by atoms with Gasteiger partial charge in [-0.2, -0.15) is 30.4 Å². The summed E-state index contributed by atoms with van der Waals surface area (Å²) in [7, 11) is -13.9. The molecule has 7 aromatic carbocycles. The zero-order valence-corrected chi connectivity index (χ0v) is 32.5. The van der Waals surface area contributed by atoms with E-state index < -0.39 is 40.1 Å². The van der Waals surface area contributed by atoms with E-state index in [0.717, 1.165) is 18.2 Å². The Bertz CT molecular complexity index is 3330. The first-order chi connectivity index (χ1) is 27.8. The van der Waals surface area contributed by atoms with Crippen LogP contribution in [0.5, 0.6) is 5.75 Å². The van der Waals surface area contributed by atoms with E-state index >= 15 is 0 Å². The number of nitrogens with zero attached hydrogens (tertiary/aromatic N) is 7. The van der Waals surface area contributed by atoms with Crippen molar-refractivity contribution < 1.29 is 49.1 Å². The van der Waals surface area contributed by atoms with Gasteiger partial charge in [0.25, 0.3) is 30.4 Å². The van der Waals surface area contributed by atoms with Gasteiger partial charge in [0.05, 0.1) is 48.8 Å². The fourth-order valence-corrected chi connectivity index (χ4v) is 7.44. The van der Waals surface area contributed by atoms with E-state index in [0.29, 0.717) is 27.8 Å². The highest BCUT2D eigenvalue weighted by Crippen LogP contribution is 2.41. The van der Waals surface area contributed by atoms with Crippen molar-refractivity contribution in [2.75, 3.05) is 0 Å². The van der Waals surface area contributed by atoms with Gasteiger partial charge in [-0.1, -0.05) is 24.3 Å². The highest BCUT2D eigenvalue weighted by Gasteiger charge is 2.17. The van der Waals surface area contributed by atoms with Crippen LogP contribution in [0.2, 0.25) is 0 Å². The molecule has 0 aromatic heterocycles. The molecule has 5 N–H and O–H groups in total. The third-order valence-corrected chi connectivity index (χ3v) is 11.2. The summed E-state index contributed by atoms with van der Waals surface area (Å²) in [5.41, 5.74) is 1.53. The fraction of sp³-hybridized carbons (Fsp3) is 0.0263. The molecule has 7 aromatic rings. The van der Waals surface area contributed by atoms with Crippen LogP contribution in [-0.2, 0) is 30.4 Å². The van der Waals surface area contributed by atoms with Crippen molar-refractivity contribution in [2.45, 2.75) is 21.6 Å². The molecular formula is C38H27N7O11S3. The number of fused-ring (bicyclic) bond motifs is 3. The van der Waals surface area contributed by atoms with Crippen molar-refractivity contribution in [2.24, 2.45) is 35.7 Å². The van der Waals surface area contributed by atoms with E-state index in [1.807, 2.05) is 0 Å². The van der Waals surface area contributed by atoms with Gasteiger partial charge in [-0.15, -0.1) is 25.6 Å². The number of benzene rings is 7. The lowest BCUT2D eigenvalue weighted by Crippen LogP contribution is -1.97. The lowest BCUT2D eigenvalue weighted by molar-refractivity contribution is 0.477. The quantitative estimate of drug-likeness (QED) is 0.0373. The van der Waals surface area contributed by atoms with E-state index in [4.69, 9.17) is 0 Å². The molecule has 0 saturated carbocycles. The molecule has 18 nitrogen and oxygen atoms in total. The Labute approximate surface area is 334 Å². The fourth-order valence-electron chi connectivity index (χ4n) is 5.91. The van der Waals surface area contributed by atoms with Gasteiger partial charge in [-0.3, -0.25) is 13.7 Å². The van der Waals surface area contributed by atoms with Crippen molar-refractivity contribution in [1.29, 1.82) is 0 Å². The van der Waals surface area contributed by atoms with Crippen molar-refractivity contribution in [1.82, 2.24) is 0 Å². The molecule has 7 rings (SSSR count). The maximum atomic E-state index is 12.2. The Balaban J connectivity index is 1.31. The molecule has 0 amide bonds. The second kappa shape index (κ2) is 15.5. The molecule has 0 saturated heterocycles. The number of azo groups is 3. The van der Waals surface area contributed by atoms with Crippen LogP contribution in [0.4, 0.5) is 39.8 Å². The lowest BCUT2D eigenvalue weighted by Gasteiger charge is -2.09. The number of phenolic OH excluding ortho intramolecular Hbond substituents is 1. The summed E-state index contributed by atoms with van der Waals surface area (Å²) < 4.78 is 101. The Morgan fingerprint density at radius 2 is 0.847 bits per heavy atom. The molecule has 0 atom stereocenters. The van der Waals surface area contributed by atoms with Gasteiger partial charge >= 0.3 is 0 Å². The predicted molar refractivity (Wildman–Crippen MR) is 217 cm³/mol. The second-order valence-corrected chi connectivity index (χ2v) is 16.9. The molecular weight excluding hydrogens is 827 g/mol. The summed E-state index contributed by atoms with van der Waals surface area (Å²) in [4.78, 5) is 2.65. The Morgan fingerprint density at radius 1 is 0.441 bits per heavy atom. The van der Waals surface area contributed by atoms with Gasteiger partial charge in [0.15, 0.2) is 5.90 Å². The third-order valence-electron chi connectivity index (χ3n) is 8.66. The van der Waals surface area contributed by atoms with Crippen LogP contribution < -0.4 is 0 Å². The van der Waals surface area contributed by atoms with E-state index in [2.05, 4.69) is 35.7 Å². The SMILES string of the molecule is CC(O)=Nc1ccc(N=Nc2ccc(N=Nc3ccc(N=Nc4c(O)ccc5cc(S(=O)(=O)O)ccc45)c4cc(S(=O)(=O)O)ccc34)c3cc(S(=O)(=O)O)ccc23)cc1. The van der Waals surface area contributed by atoms with Crippen LogP contribution in [0, 0.1) is 0 Å². The van der Waals surface area contributed by atoms with E-state index in [1.54, 1.807) is 30.3 Å². The second-order valence-electron chi connectivity index (χ2n) is 12.6. The average molecular weight is 854 g/mol. The van der Waals surface area contributed by atoms with Gasteiger partial charge in [0.1, 0.15) is 11.4 Å². The Hall–Kier alpha value is -6.88. The summed E-state index contributed by atoms with van der Waals surface area (Å²) in [5, 5.41) is 47.3. The maximum Gasteiger partial charge on any atom is 0.294 e. The number of hydrogen-bond acceptors (Lipinski definition) is 14. The minimum Gasteiger partial charge on any atom is -0.506 e. The predicted octanol–water partition coefficient (Wildman–Crippen LogP) is 10.4. The van der Waals surface area contributed by atoms with Crippen LogP contribution in [-0.4, -0.2) is 55.0 Å². The average Bonchev–Trinajstić information content (AvgIpc) is 3.18. The van der Waals surface area contributed by atoms with E-state index in [1.165, 1.54) is 73.7 Å². The molecule has 0 spiro atoms. The Kier molecular flexibility index (Phi) is 10.6. The summed E-state index contributed by atoms with van der Waals surface area (Å²) >= 11 is 0. The van der Waals surface area contributed by atoms with Crippen molar-refractivity contribution in [3.05, 3.63) is 115 Å². The number of aromatic hydroxyl groups is 1. The molecule has 0 aliphatic rings. The van der Waals surface area contributed by atoms with Crippen LogP contribution in [0.25, 0.3) is 32.3 Å². The largest absolute Gasteiger partial charge is 0.506 e. The smallest absolute Gasteiger partial charge is 0.294 e. The number of rotatable bonds is 10. The molecule has 59 heavy (non-hydrogen) atoms. The van der Waals surface area contributed by atoms with Crippen LogP contribution in [0.3, 0.4) is 0 Å². The minimum atomic E-state index is -4.71. The topological polar surface area (TPSA) is 290 Å².